The highest BCUT2D eigenvalue weighted by Crippen LogP contribution is 2.79. The largest absolute Gasteiger partial charge is 0.0673 e. The summed E-state index contributed by atoms with van der Waals surface area (Å²) in [5.74, 6) is 0. The summed E-state index contributed by atoms with van der Waals surface area (Å²) in [4.78, 5) is 0. The third-order valence-corrected chi connectivity index (χ3v) is 9.56. The lowest BCUT2D eigenvalue weighted by Crippen LogP contribution is -2.62. The van der Waals surface area contributed by atoms with E-state index in [0.29, 0.717) is 0 Å². The van der Waals surface area contributed by atoms with Crippen molar-refractivity contribution in [2.24, 2.45) is 27.1 Å². The highest BCUT2D eigenvalue weighted by atomic mass is 14.8. The van der Waals surface area contributed by atoms with Crippen LogP contribution in [0.1, 0.15) is 83.1 Å². The second kappa shape index (κ2) is 3.87. The molecule has 2 atom stereocenters. The van der Waals surface area contributed by atoms with Crippen LogP contribution in [-0.4, -0.2) is 0 Å². The fourth-order valence-electron chi connectivity index (χ4n) is 6.22. The first kappa shape index (κ1) is 16.8. The molecule has 21 heavy (non-hydrogen) atoms. The first-order chi connectivity index (χ1) is 9.13. The second-order valence-corrected chi connectivity index (χ2v) is 9.62. The lowest BCUT2D eigenvalue weighted by Gasteiger charge is -2.68. The zero-order chi connectivity index (χ0) is 16.8. The van der Waals surface area contributed by atoms with Crippen molar-refractivity contribution in [3.63, 3.8) is 0 Å². The predicted molar refractivity (Wildman–Crippen MR) is 94.3 cm³/mol. The Morgan fingerprint density at radius 1 is 0.476 bits per heavy atom. The topological polar surface area (TPSA) is 0 Å². The molecule has 2 rings (SSSR count). The molecule has 0 heterocycles. The summed E-state index contributed by atoms with van der Waals surface area (Å²) < 4.78 is 0. The van der Waals surface area contributed by atoms with Crippen LogP contribution in [0.4, 0.5) is 0 Å². The molecule has 120 valence electrons. The van der Waals surface area contributed by atoms with E-state index in [4.69, 9.17) is 0 Å². The Hall–Kier alpha value is -0.520. The number of allylic oxidation sites excluding steroid dienone is 4. The maximum absolute atomic E-state index is 2.56. The molecule has 0 spiro atoms. The van der Waals surface area contributed by atoms with Crippen molar-refractivity contribution in [1.82, 2.24) is 0 Å². The predicted octanol–water partition coefficient (Wildman–Crippen LogP) is 6.78. The van der Waals surface area contributed by atoms with E-state index in [1.54, 1.807) is 22.3 Å². The minimum absolute atomic E-state index is 0.170. The molecule has 0 aromatic rings. The van der Waals surface area contributed by atoms with Crippen molar-refractivity contribution in [1.29, 1.82) is 0 Å². The van der Waals surface area contributed by atoms with Crippen LogP contribution in [-0.2, 0) is 0 Å². The van der Waals surface area contributed by atoms with Gasteiger partial charge >= 0.3 is 0 Å². The van der Waals surface area contributed by atoms with Gasteiger partial charge < -0.3 is 0 Å². The smallest absolute Gasteiger partial charge is 0.0159 e. The van der Waals surface area contributed by atoms with E-state index >= 15 is 0 Å². The maximum atomic E-state index is 2.56. The molecule has 0 aromatic carbocycles. The van der Waals surface area contributed by atoms with E-state index in [9.17, 15) is 0 Å². The lowest BCUT2D eigenvalue weighted by molar-refractivity contribution is -0.134. The molecule has 0 fully saturated rings. The number of hydrogen-bond donors (Lipinski definition) is 0. The van der Waals surface area contributed by atoms with E-state index in [2.05, 4.69) is 83.1 Å². The van der Waals surface area contributed by atoms with Gasteiger partial charge in [0.1, 0.15) is 0 Å². The molecule has 0 bridgehead atoms. The monoisotopic (exact) mass is 288 g/mol. The van der Waals surface area contributed by atoms with Gasteiger partial charge in [-0.3, -0.25) is 0 Å². The summed E-state index contributed by atoms with van der Waals surface area (Å²) >= 11 is 0. The summed E-state index contributed by atoms with van der Waals surface area (Å²) in [6, 6.07) is 0. The van der Waals surface area contributed by atoms with Gasteiger partial charge in [0.25, 0.3) is 0 Å². The number of hydrogen-bond acceptors (Lipinski definition) is 0. The molecule has 0 radical (unpaired) electrons. The van der Waals surface area contributed by atoms with E-state index in [1.165, 1.54) is 0 Å². The Morgan fingerprint density at radius 2 is 0.810 bits per heavy atom. The van der Waals surface area contributed by atoms with Crippen molar-refractivity contribution < 1.29 is 0 Å². The molecule has 0 N–H and O–H groups in total. The Balaban J connectivity index is 3.02. The second-order valence-electron chi connectivity index (χ2n) is 9.62. The Kier molecular flexibility index (Phi) is 3.10. The summed E-state index contributed by atoms with van der Waals surface area (Å²) in [6.45, 7) is 29.5. The zero-order valence-corrected chi connectivity index (χ0v) is 16.5. The first-order valence-electron chi connectivity index (χ1n) is 8.50. The van der Waals surface area contributed by atoms with Gasteiger partial charge in [-0.25, -0.2) is 0 Å². The van der Waals surface area contributed by atoms with Crippen LogP contribution in [0.3, 0.4) is 0 Å². The van der Waals surface area contributed by atoms with Gasteiger partial charge in [-0.05, 0) is 49.4 Å². The van der Waals surface area contributed by atoms with Crippen molar-refractivity contribution in [2.45, 2.75) is 83.1 Å². The van der Waals surface area contributed by atoms with E-state index < -0.39 is 0 Å². The minimum Gasteiger partial charge on any atom is -0.0673 e. The molecule has 0 nitrogen and oxygen atoms in total. The Labute approximate surface area is 133 Å². The molecule has 0 saturated heterocycles. The molecule has 0 heteroatoms. The molecule has 2 aliphatic carbocycles. The standard InChI is InChI=1S/C21H36/c1-13-15(3)20(11)16(4)14(2)18(7,8)21(20,12)19(9,10)17(13,5)6/h1-12H3. The van der Waals surface area contributed by atoms with Crippen molar-refractivity contribution in [3.05, 3.63) is 22.3 Å². The van der Waals surface area contributed by atoms with Crippen molar-refractivity contribution in [3.8, 4) is 0 Å². The zero-order valence-electron chi connectivity index (χ0n) is 16.5. The molecule has 0 saturated carbocycles. The highest BCUT2D eigenvalue weighted by molar-refractivity contribution is 5.51. The van der Waals surface area contributed by atoms with Crippen LogP contribution in [0.2, 0.25) is 0 Å². The molecular weight excluding hydrogens is 252 g/mol. The van der Waals surface area contributed by atoms with Crippen LogP contribution >= 0.6 is 0 Å². The number of rotatable bonds is 0. The average Bonchev–Trinajstić information content (AvgIpc) is 2.48. The lowest BCUT2D eigenvalue weighted by atomic mass is 9.35. The highest BCUT2D eigenvalue weighted by Gasteiger charge is 2.72. The van der Waals surface area contributed by atoms with Crippen molar-refractivity contribution in [2.75, 3.05) is 0 Å². The van der Waals surface area contributed by atoms with Crippen LogP contribution in [0.15, 0.2) is 22.3 Å². The van der Waals surface area contributed by atoms with Crippen LogP contribution < -0.4 is 0 Å². The van der Waals surface area contributed by atoms with Crippen molar-refractivity contribution >= 4 is 0 Å². The molecule has 2 unspecified atom stereocenters. The van der Waals surface area contributed by atoms with Gasteiger partial charge in [0.15, 0.2) is 0 Å². The van der Waals surface area contributed by atoms with E-state index in [0.717, 1.165) is 0 Å². The third kappa shape index (κ3) is 1.31. The van der Waals surface area contributed by atoms with Gasteiger partial charge in [-0.2, -0.15) is 0 Å². The minimum atomic E-state index is 0.170. The summed E-state index contributed by atoms with van der Waals surface area (Å²) in [5, 5.41) is 0. The quantitative estimate of drug-likeness (QED) is 0.431. The fraction of sp³-hybridized carbons (Fsp3) is 0.810. The SMILES string of the molecule is CC1=C(C)C2(C)C(C)=C(C)C(C)(C)C2(C)C(C)(C)C1(C)C. The number of fused-ring (bicyclic) bond motifs is 1. The van der Waals surface area contributed by atoms with Gasteiger partial charge in [0, 0.05) is 5.41 Å². The van der Waals surface area contributed by atoms with Gasteiger partial charge in [0.05, 0.1) is 0 Å². The molecule has 0 aliphatic heterocycles. The molecular formula is C21H36. The normalized spacial score (nSPS) is 40.6. The van der Waals surface area contributed by atoms with E-state index in [1.807, 2.05) is 0 Å². The van der Waals surface area contributed by atoms with Crippen LogP contribution in [0.25, 0.3) is 0 Å². The van der Waals surface area contributed by atoms with E-state index in [-0.39, 0.29) is 27.1 Å². The fourth-order valence-corrected chi connectivity index (χ4v) is 6.22. The average molecular weight is 289 g/mol. The molecule has 2 aliphatic rings. The van der Waals surface area contributed by atoms with Gasteiger partial charge in [-0.15, -0.1) is 0 Å². The van der Waals surface area contributed by atoms with Gasteiger partial charge in [-0.1, -0.05) is 77.7 Å². The summed E-state index contributed by atoms with van der Waals surface area (Å²) in [7, 11) is 0. The third-order valence-electron chi connectivity index (χ3n) is 9.56. The molecule has 0 amide bonds. The summed E-state index contributed by atoms with van der Waals surface area (Å²) in [6.07, 6.45) is 0. The van der Waals surface area contributed by atoms with Crippen LogP contribution in [0.5, 0.6) is 0 Å². The maximum Gasteiger partial charge on any atom is 0.0159 e. The Bertz CT molecular complexity index is 565. The Morgan fingerprint density at radius 3 is 1.19 bits per heavy atom. The van der Waals surface area contributed by atoms with Gasteiger partial charge in [0.2, 0.25) is 0 Å². The molecule has 0 aromatic heterocycles. The summed E-state index contributed by atoms with van der Waals surface area (Å²) in [5.41, 5.74) is 7.45. The van der Waals surface area contributed by atoms with Crippen LogP contribution in [0, 0.1) is 27.1 Å². The first-order valence-corrected chi connectivity index (χ1v) is 8.50.